The van der Waals surface area contributed by atoms with Gasteiger partial charge in [0.2, 0.25) is 0 Å². The molecular formula is C15H16N2O2. The first-order valence-electron chi connectivity index (χ1n) is 6.11. The molecule has 0 aromatic heterocycles. The van der Waals surface area contributed by atoms with Crippen LogP contribution in [0.25, 0.3) is 0 Å². The van der Waals surface area contributed by atoms with Gasteiger partial charge in [-0.25, -0.2) is 4.79 Å². The number of carbonyl (C=O) groups excluding carboxylic acids is 1. The number of hydrogen-bond acceptors (Lipinski definition) is 2. The first-order chi connectivity index (χ1) is 9.28. The summed E-state index contributed by atoms with van der Waals surface area (Å²) in [5.74, 6) is 0. The Morgan fingerprint density at radius 3 is 2.05 bits per heavy atom. The number of amides is 2. The first kappa shape index (κ1) is 13.1. The molecule has 19 heavy (non-hydrogen) atoms. The van der Waals surface area contributed by atoms with E-state index in [0.717, 1.165) is 16.9 Å². The van der Waals surface area contributed by atoms with Gasteiger partial charge >= 0.3 is 6.03 Å². The van der Waals surface area contributed by atoms with Crippen LogP contribution in [0, 0.1) is 0 Å². The molecule has 0 fully saturated rings. The van der Waals surface area contributed by atoms with Gasteiger partial charge in [-0.1, -0.05) is 30.3 Å². The molecule has 0 unspecified atom stereocenters. The number of hydrogen-bond donors (Lipinski definition) is 3. The monoisotopic (exact) mass is 256 g/mol. The number of benzene rings is 2. The summed E-state index contributed by atoms with van der Waals surface area (Å²) in [6.45, 7) is 0.126. The van der Waals surface area contributed by atoms with Gasteiger partial charge in [0.25, 0.3) is 0 Å². The number of rotatable bonds is 4. The van der Waals surface area contributed by atoms with Crippen molar-refractivity contribution in [1.82, 2.24) is 0 Å². The van der Waals surface area contributed by atoms with Gasteiger partial charge in [-0.05, 0) is 36.2 Å². The standard InChI is InChI=1S/C15H16N2O2/c18-11-10-12-6-8-14(9-7-12)17-15(19)16-13-4-2-1-3-5-13/h1-9,18H,10-11H2,(H2,16,17,19). The number of para-hydroxylation sites is 1. The Labute approximate surface area is 112 Å². The van der Waals surface area contributed by atoms with Crippen molar-refractivity contribution >= 4 is 17.4 Å². The summed E-state index contributed by atoms with van der Waals surface area (Å²) in [4.78, 5) is 11.7. The number of anilines is 2. The number of carbonyl (C=O) groups is 1. The Kier molecular flexibility index (Phi) is 4.53. The molecule has 2 rings (SSSR count). The van der Waals surface area contributed by atoms with E-state index in [1.54, 1.807) is 0 Å². The minimum atomic E-state index is -0.277. The largest absolute Gasteiger partial charge is 0.396 e. The summed E-state index contributed by atoms with van der Waals surface area (Å²) < 4.78 is 0. The zero-order valence-corrected chi connectivity index (χ0v) is 10.5. The van der Waals surface area contributed by atoms with Crippen LogP contribution in [0.2, 0.25) is 0 Å². The number of urea groups is 1. The average Bonchev–Trinajstić information content (AvgIpc) is 2.42. The second-order valence-corrected chi connectivity index (χ2v) is 4.12. The van der Waals surface area contributed by atoms with Crippen LogP contribution in [0.15, 0.2) is 54.6 Å². The van der Waals surface area contributed by atoms with Crippen molar-refractivity contribution in [2.75, 3.05) is 17.2 Å². The Morgan fingerprint density at radius 2 is 1.47 bits per heavy atom. The van der Waals surface area contributed by atoms with Gasteiger partial charge < -0.3 is 15.7 Å². The third-order valence-electron chi connectivity index (χ3n) is 2.64. The molecular weight excluding hydrogens is 240 g/mol. The van der Waals surface area contributed by atoms with Crippen molar-refractivity contribution < 1.29 is 9.90 Å². The van der Waals surface area contributed by atoms with Crippen molar-refractivity contribution in [1.29, 1.82) is 0 Å². The fraction of sp³-hybridized carbons (Fsp3) is 0.133. The van der Waals surface area contributed by atoms with E-state index >= 15 is 0 Å². The Bertz CT molecular complexity index is 524. The lowest BCUT2D eigenvalue weighted by Crippen LogP contribution is -2.19. The van der Waals surface area contributed by atoms with Gasteiger partial charge in [-0.3, -0.25) is 0 Å². The highest BCUT2D eigenvalue weighted by atomic mass is 16.3. The summed E-state index contributed by atoms with van der Waals surface area (Å²) in [6.07, 6.45) is 0.622. The van der Waals surface area contributed by atoms with Crippen LogP contribution in [0.1, 0.15) is 5.56 Å². The molecule has 0 bridgehead atoms. The molecule has 2 amide bonds. The van der Waals surface area contributed by atoms with Gasteiger partial charge in [0.15, 0.2) is 0 Å². The van der Waals surface area contributed by atoms with Crippen molar-refractivity contribution in [3.63, 3.8) is 0 Å². The number of nitrogens with one attached hydrogen (secondary N) is 2. The van der Waals surface area contributed by atoms with Crippen molar-refractivity contribution in [3.05, 3.63) is 60.2 Å². The van der Waals surface area contributed by atoms with Crippen LogP contribution in [0.3, 0.4) is 0 Å². The molecule has 98 valence electrons. The molecule has 0 saturated carbocycles. The maximum absolute atomic E-state index is 11.7. The minimum Gasteiger partial charge on any atom is -0.396 e. The van der Waals surface area contributed by atoms with E-state index in [2.05, 4.69) is 10.6 Å². The number of aliphatic hydroxyl groups is 1. The van der Waals surface area contributed by atoms with Crippen LogP contribution in [0.5, 0.6) is 0 Å². The molecule has 0 radical (unpaired) electrons. The van der Waals surface area contributed by atoms with Crippen molar-refractivity contribution in [3.8, 4) is 0 Å². The third-order valence-corrected chi connectivity index (χ3v) is 2.64. The zero-order valence-electron chi connectivity index (χ0n) is 10.5. The van der Waals surface area contributed by atoms with Crippen molar-refractivity contribution in [2.45, 2.75) is 6.42 Å². The van der Waals surface area contributed by atoms with E-state index in [-0.39, 0.29) is 12.6 Å². The molecule has 2 aromatic rings. The lowest BCUT2D eigenvalue weighted by atomic mass is 10.1. The third kappa shape index (κ3) is 4.12. The van der Waals surface area contributed by atoms with Crippen LogP contribution in [0.4, 0.5) is 16.2 Å². The van der Waals surface area contributed by atoms with Gasteiger partial charge in [-0.2, -0.15) is 0 Å². The van der Waals surface area contributed by atoms with E-state index in [0.29, 0.717) is 6.42 Å². The second kappa shape index (κ2) is 6.56. The van der Waals surface area contributed by atoms with Crippen molar-refractivity contribution in [2.24, 2.45) is 0 Å². The van der Waals surface area contributed by atoms with Crippen LogP contribution in [-0.2, 0) is 6.42 Å². The predicted octanol–water partition coefficient (Wildman–Crippen LogP) is 2.87. The highest BCUT2D eigenvalue weighted by molar-refractivity contribution is 5.99. The lowest BCUT2D eigenvalue weighted by Gasteiger charge is -2.08. The summed E-state index contributed by atoms with van der Waals surface area (Å²) in [5.41, 5.74) is 2.50. The van der Waals surface area contributed by atoms with E-state index in [4.69, 9.17) is 5.11 Å². The fourth-order valence-electron chi connectivity index (χ4n) is 1.70. The van der Waals surface area contributed by atoms with Crippen LogP contribution in [-0.4, -0.2) is 17.7 Å². The average molecular weight is 256 g/mol. The van der Waals surface area contributed by atoms with Gasteiger partial charge in [0, 0.05) is 18.0 Å². The summed E-state index contributed by atoms with van der Waals surface area (Å²) in [5, 5.41) is 14.3. The smallest absolute Gasteiger partial charge is 0.323 e. The molecule has 0 saturated heterocycles. The van der Waals surface area contributed by atoms with Crippen LogP contribution >= 0.6 is 0 Å². The van der Waals surface area contributed by atoms with Gasteiger partial charge in [-0.15, -0.1) is 0 Å². The number of aliphatic hydroxyl groups excluding tert-OH is 1. The molecule has 0 aliphatic heterocycles. The molecule has 4 nitrogen and oxygen atoms in total. The maximum atomic E-state index is 11.7. The van der Waals surface area contributed by atoms with Gasteiger partial charge in [0.1, 0.15) is 0 Å². The van der Waals surface area contributed by atoms with Crippen LogP contribution < -0.4 is 10.6 Å². The Morgan fingerprint density at radius 1 is 0.895 bits per heavy atom. The minimum absolute atomic E-state index is 0.126. The van der Waals surface area contributed by atoms with Gasteiger partial charge in [0.05, 0.1) is 0 Å². The van der Waals surface area contributed by atoms with E-state index < -0.39 is 0 Å². The molecule has 0 heterocycles. The molecule has 4 heteroatoms. The summed E-state index contributed by atoms with van der Waals surface area (Å²) in [7, 11) is 0. The lowest BCUT2D eigenvalue weighted by molar-refractivity contribution is 0.262. The summed E-state index contributed by atoms with van der Waals surface area (Å²) in [6, 6.07) is 16.4. The molecule has 0 aliphatic carbocycles. The quantitative estimate of drug-likeness (QED) is 0.787. The SMILES string of the molecule is O=C(Nc1ccccc1)Nc1ccc(CCO)cc1. The Hall–Kier alpha value is -2.33. The molecule has 0 aliphatic rings. The zero-order chi connectivity index (χ0) is 13.5. The molecule has 0 atom stereocenters. The maximum Gasteiger partial charge on any atom is 0.323 e. The molecule has 0 spiro atoms. The first-order valence-corrected chi connectivity index (χ1v) is 6.11. The normalized spacial score (nSPS) is 9.95. The predicted molar refractivity (Wildman–Crippen MR) is 76.3 cm³/mol. The second-order valence-electron chi connectivity index (χ2n) is 4.12. The molecule has 3 N–H and O–H groups in total. The van der Waals surface area contributed by atoms with E-state index in [1.165, 1.54) is 0 Å². The molecule has 2 aromatic carbocycles. The highest BCUT2D eigenvalue weighted by Gasteiger charge is 2.02. The van der Waals surface area contributed by atoms with E-state index in [9.17, 15) is 4.79 Å². The summed E-state index contributed by atoms with van der Waals surface area (Å²) >= 11 is 0. The fourth-order valence-corrected chi connectivity index (χ4v) is 1.70. The topological polar surface area (TPSA) is 61.4 Å². The highest BCUT2D eigenvalue weighted by Crippen LogP contribution is 2.11. The Balaban J connectivity index is 1.91. The van der Waals surface area contributed by atoms with E-state index in [1.807, 2.05) is 54.6 Å².